The van der Waals surface area contributed by atoms with Crippen molar-refractivity contribution in [2.24, 2.45) is 0 Å². The van der Waals surface area contributed by atoms with Crippen LogP contribution >= 0.6 is 11.6 Å². The number of hydrogen-bond acceptors (Lipinski definition) is 2. The Labute approximate surface area is 106 Å². The van der Waals surface area contributed by atoms with E-state index in [0.29, 0.717) is 10.7 Å². The molecular formula is C14H15ClN2. The molecule has 0 radical (unpaired) electrons. The van der Waals surface area contributed by atoms with Crippen molar-refractivity contribution in [1.82, 2.24) is 0 Å². The van der Waals surface area contributed by atoms with Gasteiger partial charge in [-0.05, 0) is 43.2 Å². The number of anilines is 3. The van der Waals surface area contributed by atoms with Gasteiger partial charge in [0.05, 0.1) is 11.4 Å². The average molecular weight is 247 g/mol. The number of benzene rings is 2. The molecule has 0 heterocycles. The molecule has 17 heavy (non-hydrogen) atoms. The summed E-state index contributed by atoms with van der Waals surface area (Å²) in [5.41, 5.74) is 10.9. The number of nitrogens with two attached hydrogens (primary N) is 1. The van der Waals surface area contributed by atoms with E-state index in [9.17, 15) is 0 Å². The predicted molar refractivity (Wildman–Crippen MR) is 75.1 cm³/mol. The Morgan fingerprint density at radius 2 is 1.71 bits per heavy atom. The van der Waals surface area contributed by atoms with Crippen molar-refractivity contribution < 1.29 is 0 Å². The van der Waals surface area contributed by atoms with Crippen LogP contribution in [0.3, 0.4) is 0 Å². The summed E-state index contributed by atoms with van der Waals surface area (Å²) in [7, 11) is 0. The average Bonchev–Trinajstić information content (AvgIpc) is 2.28. The molecule has 0 unspecified atom stereocenters. The van der Waals surface area contributed by atoms with E-state index < -0.39 is 0 Å². The summed E-state index contributed by atoms with van der Waals surface area (Å²) in [6, 6.07) is 11.6. The van der Waals surface area contributed by atoms with Gasteiger partial charge in [-0.3, -0.25) is 0 Å². The molecule has 0 atom stereocenters. The lowest BCUT2D eigenvalue weighted by molar-refractivity contribution is 1.36. The van der Waals surface area contributed by atoms with Crippen LogP contribution in [0.25, 0.3) is 0 Å². The van der Waals surface area contributed by atoms with Crippen LogP contribution in [0.1, 0.15) is 11.1 Å². The van der Waals surface area contributed by atoms with Gasteiger partial charge >= 0.3 is 0 Å². The molecule has 3 heteroatoms. The highest BCUT2D eigenvalue weighted by Gasteiger charge is 2.05. The highest BCUT2D eigenvalue weighted by Crippen LogP contribution is 2.29. The molecule has 2 aromatic rings. The molecule has 0 amide bonds. The van der Waals surface area contributed by atoms with Crippen molar-refractivity contribution in [2.45, 2.75) is 13.8 Å². The van der Waals surface area contributed by atoms with Gasteiger partial charge < -0.3 is 11.1 Å². The highest BCUT2D eigenvalue weighted by molar-refractivity contribution is 6.31. The number of nitrogens with one attached hydrogen (secondary N) is 1. The molecule has 0 aliphatic rings. The fraction of sp³-hybridized carbons (Fsp3) is 0.143. The van der Waals surface area contributed by atoms with E-state index in [2.05, 4.69) is 31.3 Å². The van der Waals surface area contributed by atoms with E-state index in [1.165, 1.54) is 11.1 Å². The van der Waals surface area contributed by atoms with Gasteiger partial charge in [0.15, 0.2) is 0 Å². The molecule has 0 fully saturated rings. The van der Waals surface area contributed by atoms with Gasteiger partial charge in [-0.25, -0.2) is 0 Å². The SMILES string of the molecule is Cc1cccc(C)c1Nc1cc(Cl)ccc1N. The molecule has 0 aliphatic heterocycles. The summed E-state index contributed by atoms with van der Waals surface area (Å²) in [6.45, 7) is 4.13. The summed E-state index contributed by atoms with van der Waals surface area (Å²) < 4.78 is 0. The standard InChI is InChI=1S/C14H15ClN2/c1-9-4-3-5-10(2)14(9)17-13-8-11(15)6-7-12(13)16/h3-8,17H,16H2,1-2H3. The van der Waals surface area contributed by atoms with Crippen molar-refractivity contribution >= 4 is 28.7 Å². The number of hydrogen-bond donors (Lipinski definition) is 2. The zero-order chi connectivity index (χ0) is 12.4. The van der Waals surface area contributed by atoms with E-state index in [1.807, 2.05) is 12.1 Å². The summed E-state index contributed by atoms with van der Waals surface area (Å²) in [5, 5.41) is 4.01. The number of rotatable bonds is 2. The van der Waals surface area contributed by atoms with Gasteiger partial charge in [0.1, 0.15) is 0 Å². The molecule has 0 saturated carbocycles. The van der Waals surface area contributed by atoms with E-state index in [-0.39, 0.29) is 0 Å². The number of halogens is 1. The van der Waals surface area contributed by atoms with Crippen LogP contribution in [0, 0.1) is 13.8 Å². The van der Waals surface area contributed by atoms with E-state index in [0.717, 1.165) is 11.4 Å². The Balaban J connectivity index is 2.41. The summed E-state index contributed by atoms with van der Waals surface area (Å²) in [4.78, 5) is 0. The molecule has 2 nitrogen and oxygen atoms in total. The highest BCUT2D eigenvalue weighted by atomic mass is 35.5. The Kier molecular flexibility index (Phi) is 3.25. The topological polar surface area (TPSA) is 38.0 Å². The third kappa shape index (κ3) is 2.53. The maximum Gasteiger partial charge on any atom is 0.0633 e. The summed E-state index contributed by atoms with van der Waals surface area (Å²) in [6.07, 6.45) is 0. The first-order valence-electron chi connectivity index (χ1n) is 5.46. The van der Waals surface area contributed by atoms with E-state index >= 15 is 0 Å². The maximum atomic E-state index is 5.97. The van der Waals surface area contributed by atoms with Crippen molar-refractivity contribution in [3.05, 3.63) is 52.5 Å². The van der Waals surface area contributed by atoms with Gasteiger partial charge in [-0.1, -0.05) is 29.8 Å². The summed E-state index contributed by atoms with van der Waals surface area (Å²) in [5.74, 6) is 0. The first kappa shape index (κ1) is 11.8. The molecule has 2 rings (SSSR count). The van der Waals surface area contributed by atoms with Gasteiger partial charge in [0.2, 0.25) is 0 Å². The number of para-hydroxylation sites is 1. The lowest BCUT2D eigenvalue weighted by atomic mass is 10.1. The third-order valence-electron chi connectivity index (χ3n) is 2.76. The van der Waals surface area contributed by atoms with Gasteiger partial charge in [0.25, 0.3) is 0 Å². The monoisotopic (exact) mass is 246 g/mol. The third-order valence-corrected chi connectivity index (χ3v) is 2.99. The molecule has 0 aliphatic carbocycles. The summed E-state index contributed by atoms with van der Waals surface area (Å²) >= 11 is 5.97. The van der Waals surface area contributed by atoms with Crippen molar-refractivity contribution in [2.75, 3.05) is 11.1 Å². The van der Waals surface area contributed by atoms with Gasteiger partial charge in [-0.2, -0.15) is 0 Å². The van der Waals surface area contributed by atoms with Crippen LogP contribution in [0.15, 0.2) is 36.4 Å². The second-order valence-corrected chi connectivity index (χ2v) is 4.56. The molecule has 3 N–H and O–H groups in total. The van der Waals surface area contributed by atoms with Crippen molar-refractivity contribution in [1.29, 1.82) is 0 Å². The smallest absolute Gasteiger partial charge is 0.0633 e. The molecule has 0 bridgehead atoms. The van der Waals surface area contributed by atoms with Gasteiger partial charge in [-0.15, -0.1) is 0 Å². The van der Waals surface area contributed by atoms with Crippen LogP contribution in [-0.2, 0) is 0 Å². The molecule has 88 valence electrons. The first-order chi connectivity index (χ1) is 8.08. The quantitative estimate of drug-likeness (QED) is 0.776. The van der Waals surface area contributed by atoms with Crippen LogP contribution in [0.2, 0.25) is 5.02 Å². The number of nitrogen functional groups attached to an aromatic ring is 1. The lowest BCUT2D eigenvalue weighted by Crippen LogP contribution is -1.99. The second kappa shape index (κ2) is 4.68. The minimum Gasteiger partial charge on any atom is -0.397 e. The Bertz CT molecular complexity index is 530. The van der Waals surface area contributed by atoms with Crippen LogP contribution in [0.4, 0.5) is 17.1 Å². The van der Waals surface area contributed by atoms with Crippen LogP contribution in [0.5, 0.6) is 0 Å². The largest absolute Gasteiger partial charge is 0.397 e. The molecular weight excluding hydrogens is 232 g/mol. The zero-order valence-corrected chi connectivity index (χ0v) is 10.7. The number of aryl methyl sites for hydroxylation is 2. The van der Waals surface area contributed by atoms with Crippen LogP contribution < -0.4 is 11.1 Å². The molecule has 0 saturated heterocycles. The Hall–Kier alpha value is -1.67. The predicted octanol–water partition coefficient (Wildman–Crippen LogP) is 4.28. The normalized spacial score (nSPS) is 10.3. The fourth-order valence-electron chi connectivity index (χ4n) is 1.78. The maximum absolute atomic E-state index is 5.97. The Morgan fingerprint density at radius 1 is 1.06 bits per heavy atom. The van der Waals surface area contributed by atoms with Crippen molar-refractivity contribution in [3.8, 4) is 0 Å². The minimum absolute atomic E-state index is 0.674. The van der Waals surface area contributed by atoms with Gasteiger partial charge in [0, 0.05) is 10.7 Å². The fourth-order valence-corrected chi connectivity index (χ4v) is 1.96. The van der Waals surface area contributed by atoms with Crippen molar-refractivity contribution in [3.63, 3.8) is 0 Å². The van der Waals surface area contributed by atoms with Crippen LogP contribution in [-0.4, -0.2) is 0 Å². The molecule has 0 aromatic heterocycles. The van der Waals surface area contributed by atoms with E-state index in [1.54, 1.807) is 12.1 Å². The second-order valence-electron chi connectivity index (χ2n) is 4.12. The zero-order valence-electron chi connectivity index (χ0n) is 9.92. The Morgan fingerprint density at radius 3 is 2.35 bits per heavy atom. The first-order valence-corrected chi connectivity index (χ1v) is 5.84. The minimum atomic E-state index is 0.674. The van der Waals surface area contributed by atoms with E-state index in [4.69, 9.17) is 17.3 Å². The molecule has 0 spiro atoms. The molecule has 2 aromatic carbocycles. The lowest BCUT2D eigenvalue weighted by Gasteiger charge is -2.14.